The van der Waals surface area contributed by atoms with Crippen LogP contribution in [-0.2, 0) is 9.53 Å². The Balaban J connectivity index is 1.26. The fraction of sp³-hybridized carbons (Fsp3) is 0.167. The number of carbonyl (C=O) groups excluding carboxylic acids is 2. The molecule has 0 saturated carbocycles. The third-order valence-corrected chi connectivity index (χ3v) is 5.48. The highest BCUT2D eigenvalue weighted by Gasteiger charge is 2.27. The fourth-order valence-corrected chi connectivity index (χ4v) is 3.79. The average Bonchev–Trinajstić information content (AvgIpc) is 3.19. The fourth-order valence-electron chi connectivity index (χ4n) is 3.79. The minimum Gasteiger partial charge on any atom is -0.402 e. The molecule has 0 spiro atoms. The van der Waals surface area contributed by atoms with E-state index in [0.29, 0.717) is 37.8 Å². The van der Waals surface area contributed by atoms with E-state index in [1.165, 1.54) is 0 Å². The Morgan fingerprint density at radius 1 is 0.969 bits per heavy atom. The molecule has 1 saturated heterocycles. The molecule has 8 heteroatoms. The van der Waals surface area contributed by atoms with Gasteiger partial charge in [0.05, 0.1) is 0 Å². The maximum absolute atomic E-state index is 12.4. The maximum atomic E-state index is 12.4. The first kappa shape index (κ1) is 19.7. The number of fused-ring (bicyclic) bond motifs is 1. The van der Waals surface area contributed by atoms with Gasteiger partial charge in [0.1, 0.15) is 0 Å². The summed E-state index contributed by atoms with van der Waals surface area (Å²) in [4.78, 5) is 37.0. The molecule has 2 amide bonds. The lowest BCUT2D eigenvalue weighted by Gasteiger charge is -2.34. The number of amides is 2. The molecule has 5 rings (SSSR count). The van der Waals surface area contributed by atoms with Crippen LogP contribution in [0.3, 0.4) is 0 Å². The van der Waals surface area contributed by atoms with Crippen LogP contribution in [-0.4, -0.2) is 58.9 Å². The molecule has 2 aliphatic rings. The van der Waals surface area contributed by atoms with Crippen molar-refractivity contribution in [1.29, 1.82) is 0 Å². The highest BCUT2D eigenvalue weighted by molar-refractivity contribution is 6.16. The molecule has 160 valence electrons. The van der Waals surface area contributed by atoms with Crippen molar-refractivity contribution in [2.24, 2.45) is 4.99 Å². The Morgan fingerprint density at radius 2 is 1.72 bits per heavy atom. The second-order valence-electron chi connectivity index (χ2n) is 7.54. The van der Waals surface area contributed by atoms with Crippen LogP contribution in [0.2, 0.25) is 0 Å². The molecule has 2 aliphatic heterocycles. The van der Waals surface area contributed by atoms with Gasteiger partial charge in [-0.3, -0.25) is 4.98 Å². The minimum atomic E-state index is -0.467. The van der Waals surface area contributed by atoms with Gasteiger partial charge < -0.3 is 19.9 Å². The van der Waals surface area contributed by atoms with E-state index in [1.54, 1.807) is 35.6 Å². The largest absolute Gasteiger partial charge is 0.402 e. The Kier molecular flexibility index (Phi) is 5.25. The number of hydrogen-bond donors (Lipinski definition) is 1. The van der Waals surface area contributed by atoms with Crippen LogP contribution in [0.4, 0.5) is 10.5 Å². The van der Waals surface area contributed by atoms with E-state index >= 15 is 0 Å². The molecular formula is C24H21N5O3. The number of piperazine rings is 1. The van der Waals surface area contributed by atoms with E-state index in [4.69, 9.17) is 4.74 Å². The standard InChI is InChI=1S/C24H21N5O3/c30-23-21(27-22(32-23)20-7-3-5-17-4-1-2-6-19(17)20)16-28-12-14-29(15-13-28)24(31)26-18-8-10-25-11-9-18/h1-11,16H,12-15H2,(H,25,26,31)/b21-16+. The van der Waals surface area contributed by atoms with Gasteiger partial charge in [-0.25, -0.2) is 14.6 Å². The highest BCUT2D eigenvalue weighted by atomic mass is 16.6. The Labute approximate surface area is 184 Å². The van der Waals surface area contributed by atoms with Gasteiger partial charge in [-0.2, -0.15) is 0 Å². The van der Waals surface area contributed by atoms with Crippen molar-refractivity contribution in [3.63, 3.8) is 0 Å². The Hall–Kier alpha value is -4.20. The molecule has 3 aromatic rings. The van der Waals surface area contributed by atoms with E-state index in [1.807, 2.05) is 47.4 Å². The number of carbonyl (C=O) groups is 2. The third-order valence-electron chi connectivity index (χ3n) is 5.48. The van der Waals surface area contributed by atoms with Gasteiger partial charge in [-0.15, -0.1) is 0 Å². The summed E-state index contributed by atoms with van der Waals surface area (Å²) in [6.07, 6.45) is 4.99. The van der Waals surface area contributed by atoms with Crippen LogP contribution in [0.25, 0.3) is 10.8 Å². The quantitative estimate of drug-likeness (QED) is 0.512. The zero-order valence-electron chi connectivity index (χ0n) is 17.3. The molecule has 1 aromatic heterocycles. The smallest absolute Gasteiger partial charge is 0.365 e. The van der Waals surface area contributed by atoms with Gasteiger partial charge in [0.25, 0.3) is 0 Å². The monoisotopic (exact) mass is 427 g/mol. The Morgan fingerprint density at radius 3 is 2.53 bits per heavy atom. The second-order valence-corrected chi connectivity index (χ2v) is 7.54. The number of ether oxygens (including phenoxy) is 1. The molecular weight excluding hydrogens is 406 g/mol. The summed E-state index contributed by atoms with van der Waals surface area (Å²) >= 11 is 0. The zero-order valence-corrected chi connectivity index (χ0v) is 17.3. The SMILES string of the molecule is O=C1OC(c2cccc3ccccc23)=N/C1=C/N1CCN(C(=O)Nc2ccncc2)CC1. The number of nitrogens with one attached hydrogen (secondary N) is 1. The molecule has 2 aromatic carbocycles. The van der Waals surface area contributed by atoms with E-state index < -0.39 is 5.97 Å². The van der Waals surface area contributed by atoms with Crippen LogP contribution in [0, 0.1) is 0 Å². The molecule has 3 heterocycles. The molecule has 32 heavy (non-hydrogen) atoms. The number of hydrogen-bond acceptors (Lipinski definition) is 6. The number of nitrogens with zero attached hydrogens (tertiary/aromatic N) is 4. The van der Waals surface area contributed by atoms with Crippen LogP contribution in [0.5, 0.6) is 0 Å². The number of urea groups is 1. The van der Waals surface area contributed by atoms with Crippen LogP contribution >= 0.6 is 0 Å². The Bertz CT molecular complexity index is 1230. The van der Waals surface area contributed by atoms with Crippen molar-refractivity contribution in [3.8, 4) is 0 Å². The van der Waals surface area contributed by atoms with E-state index in [9.17, 15) is 9.59 Å². The number of aromatic nitrogens is 1. The first-order valence-electron chi connectivity index (χ1n) is 10.4. The van der Waals surface area contributed by atoms with Gasteiger partial charge in [-0.1, -0.05) is 36.4 Å². The summed E-state index contributed by atoms with van der Waals surface area (Å²) in [5, 5.41) is 4.90. The molecule has 8 nitrogen and oxygen atoms in total. The second kappa shape index (κ2) is 8.50. The maximum Gasteiger partial charge on any atom is 0.365 e. The van der Waals surface area contributed by atoms with Gasteiger partial charge in [0, 0.05) is 56.0 Å². The topological polar surface area (TPSA) is 87.1 Å². The zero-order chi connectivity index (χ0) is 21.9. The summed E-state index contributed by atoms with van der Waals surface area (Å²) in [6, 6.07) is 17.1. The summed E-state index contributed by atoms with van der Waals surface area (Å²) in [7, 11) is 0. The van der Waals surface area contributed by atoms with E-state index in [2.05, 4.69) is 15.3 Å². The predicted octanol–water partition coefficient (Wildman–Crippen LogP) is 3.23. The van der Waals surface area contributed by atoms with Gasteiger partial charge in [0.15, 0.2) is 5.70 Å². The van der Waals surface area contributed by atoms with Gasteiger partial charge >= 0.3 is 12.0 Å². The molecule has 0 radical (unpaired) electrons. The number of aliphatic imine (C=N–C) groups is 1. The van der Waals surface area contributed by atoms with Crippen molar-refractivity contribution in [2.75, 3.05) is 31.5 Å². The molecule has 0 unspecified atom stereocenters. The highest BCUT2D eigenvalue weighted by Crippen LogP contribution is 2.24. The van der Waals surface area contributed by atoms with Crippen LogP contribution in [0.15, 0.2) is 83.9 Å². The number of benzene rings is 2. The lowest BCUT2D eigenvalue weighted by atomic mass is 10.0. The molecule has 1 fully saturated rings. The van der Waals surface area contributed by atoms with Crippen molar-refractivity contribution < 1.29 is 14.3 Å². The van der Waals surface area contributed by atoms with Crippen LogP contribution in [0.1, 0.15) is 5.56 Å². The number of pyridine rings is 1. The third kappa shape index (κ3) is 4.02. The molecule has 0 aliphatic carbocycles. The van der Waals surface area contributed by atoms with Crippen molar-refractivity contribution in [3.05, 3.63) is 84.5 Å². The van der Waals surface area contributed by atoms with Crippen molar-refractivity contribution in [1.82, 2.24) is 14.8 Å². The summed E-state index contributed by atoms with van der Waals surface area (Å²) < 4.78 is 5.47. The first-order valence-corrected chi connectivity index (χ1v) is 10.4. The predicted molar refractivity (Wildman–Crippen MR) is 121 cm³/mol. The molecule has 1 N–H and O–H groups in total. The number of rotatable bonds is 3. The first-order chi connectivity index (χ1) is 15.7. The number of esters is 1. The van der Waals surface area contributed by atoms with Gasteiger partial charge in [0.2, 0.25) is 5.90 Å². The van der Waals surface area contributed by atoms with Crippen molar-refractivity contribution >= 4 is 34.4 Å². The number of cyclic esters (lactones) is 1. The normalized spacial score (nSPS) is 17.4. The van der Waals surface area contributed by atoms with E-state index in [-0.39, 0.29) is 11.7 Å². The van der Waals surface area contributed by atoms with E-state index in [0.717, 1.165) is 16.3 Å². The number of anilines is 1. The van der Waals surface area contributed by atoms with Gasteiger partial charge in [-0.05, 0) is 29.0 Å². The summed E-state index contributed by atoms with van der Waals surface area (Å²) in [5.74, 6) is -0.154. The minimum absolute atomic E-state index is 0.153. The summed E-state index contributed by atoms with van der Waals surface area (Å²) in [5.41, 5.74) is 1.76. The average molecular weight is 427 g/mol. The summed E-state index contributed by atoms with van der Waals surface area (Å²) in [6.45, 7) is 2.27. The van der Waals surface area contributed by atoms with Crippen molar-refractivity contribution in [2.45, 2.75) is 0 Å². The van der Waals surface area contributed by atoms with Crippen LogP contribution < -0.4 is 5.32 Å². The molecule has 0 atom stereocenters. The molecule has 0 bridgehead atoms. The lowest BCUT2D eigenvalue weighted by molar-refractivity contribution is -0.130. The lowest BCUT2D eigenvalue weighted by Crippen LogP contribution is -2.48.